The molecule has 0 amide bonds. The number of hydrogen-bond acceptors (Lipinski definition) is 3. The van der Waals surface area contributed by atoms with Gasteiger partial charge in [0, 0.05) is 13.1 Å². The molecule has 1 aliphatic carbocycles. The molecule has 0 saturated heterocycles. The summed E-state index contributed by atoms with van der Waals surface area (Å²) in [7, 11) is -1.87. The lowest BCUT2D eigenvalue weighted by Gasteiger charge is -2.34. The molecule has 0 bridgehead atoms. The maximum absolute atomic E-state index is 12.8. The minimum absolute atomic E-state index is 0.0737. The van der Waals surface area contributed by atoms with Crippen LogP contribution in [0.2, 0.25) is 0 Å². The molecule has 1 fully saturated rings. The second-order valence-electron chi connectivity index (χ2n) is 5.87. The van der Waals surface area contributed by atoms with E-state index in [1.807, 2.05) is 0 Å². The molecule has 5 heteroatoms. The van der Waals surface area contributed by atoms with Crippen LogP contribution in [0.3, 0.4) is 0 Å². The van der Waals surface area contributed by atoms with Gasteiger partial charge in [0.15, 0.2) is 0 Å². The van der Waals surface area contributed by atoms with Crippen LogP contribution in [0.5, 0.6) is 0 Å². The number of sulfonamides is 1. The normalized spacial score (nSPS) is 23.4. The highest BCUT2D eigenvalue weighted by Gasteiger charge is 2.32. The van der Waals surface area contributed by atoms with E-state index < -0.39 is 10.0 Å². The predicted molar refractivity (Wildman–Crippen MR) is 83.4 cm³/mol. The number of hydrogen-bond donors (Lipinski definition) is 1. The zero-order valence-corrected chi connectivity index (χ0v) is 13.6. The molecule has 0 atom stereocenters. The molecule has 1 N–H and O–H groups in total. The number of rotatable bonds is 5. The SMILES string of the molecule is CCC1CCC(N(C)S(=O)(=O)c2ccccc2CO)CC1. The molecule has 21 heavy (non-hydrogen) atoms. The Balaban J connectivity index is 2.19. The average Bonchev–Trinajstić information content (AvgIpc) is 2.54. The fraction of sp³-hybridized carbons (Fsp3) is 0.625. The van der Waals surface area contributed by atoms with Gasteiger partial charge in [-0.3, -0.25) is 0 Å². The molecule has 1 saturated carbocycles. The fourth-order valence-corrected chi connectivity index (χ4v) is 4.78. The second-order valence-corrected chi connectivity index (χ2v) is 7.84. The second kappa shape index (κ2) is 6.90. The van der Waals surface area contributed by atoms with Crippen molar-refractivity contribution < 1.29 is 13.5 Å². The first-order chi connectivity index (χ1) is 10.0. The Labute approximate surface area is 127 Å². The van der Waals surface area contributed by atoms with Crippen LogP contribution in [0.15, 0.2) is 29.2 Å². The van der Waals surface area contributed by atoms with Crippen molar-refractivity contribution in [3.8, 4) is 0 Å². The molecule has 1 aliphatic rings. The van der Waals surface area contributed by atoms with Gasteiger partial charge >= 0.3 is 0 Å². The van der Waals surface area contributed by atoms with E-state index in [0.29, 0.717) is 5.56 Å². The van der Waals surface area contributed by atoms with E-state index in [1.165, 1.54) is 10.7 Å². The largest absolute Gasteiger partial charge is 0.392 e. The van der Waals surface area contributed by atoms with Crippen molar-refractivity contribution in [2.45, 2.75) is 56.6 Å². The van der Waals surface area contributed by atoms with E-state index in [1.54, 1.807) is 31.3 Å². The Bertz CT molecular complexity index is 563. The van der Waals surface area contributed by atoms with Crippen molar-refractivity contribution in [3.05, 3.63) is 29.8 Å². The first-order valence-electron chi connectivity index (χ1n) is 7.67. The Morgan fingerprint density at radius 1 is 1.19 bits per heavy atom. The van der Waals surface area contributed by atoms with E-state index in [0.717, 1.165) is 31.6 Å². The van der Waals surface area contributed by atoms with Crippen molar-refractivity contribution in [1.82, 2.24) is 4.31 Å². The molecule has 1 aromatic carbocycles. The lowest BCUT2D eigenvalue weighted by Crippen LogP contribution is -2.39. The predicted octanol–water partition coefficient (Wildman–Crippen LogP) is 2.77. The van der Waals surface area contributed by atoms with Crippen molar-refractivity contribution in [2.75, 3.05) is 7.05 Å². The number of nitrogens with zero attached hydrogens (tertiary/aromatic N) is 1. The van der Waals surface area contributed by atoms with Crippen LogP contribution < -0.4 is 0 Å². The van der Waals surface area contributed by atoms with Gasteiger partial charge in [-0.2, -0.15) is 4.31 Å². The van der Waals surface area contributed by atoms with Crippen LogP contribution in [-0.2, 0) is 16.6 Å². The van der Waals surface area contributed by atoms with Gasteiger partial charge < -0.3 is 5.11 Å². The lowest BCUT2D eigenvalue weighted by atomic mass is 9.85. The van der Waals surface area contributed by atoms with Crippen LogP contribution in [0, 0.1) is 5.92 Å². The Morgan fingerprint density at radius 3 is 2.38 bits per heavy atom. The van der Waals surface area contributed by atoms with Gasteiger partial charge in [0.25, 0.3) is 0 Å². The average molecular weight is 311 g/mol. The summed E-state index contributed by atoms with van der Waals surface area (Å²) in [5.74, 6) is 0.738. The van der Waals surface area contributed by atoms with Crippen LogP contribution in [-0.4, -0.2) is 30.9 Å². The minimum Gasteiger partial charge on any atom is -0.392 e. The third-order valence-electron chi connectivity index (χ3n) is 4.71. The molecule has 0 heterocycles. The molecule has 0 aromatic heterocycles. The van der Waals surface area contributed by atoms with E-state index >= 15 is 0 Å². The lowest BCUT2D eigenvalue weighted by molar-refractivity contribution is 0.232. The summed E-state index contributed by atoms with van der Waals surface area (Å²) >= 11 is 0. The van der Waals surface area contributed by atoms with Crippen LogP contribution in [0.25, 0.3) is 0 Å². The Hall–Kier alpha value is -0.910. The molecule has 0 unspecified atom stereocenters. The van der Waals surface area contributed by atoms with Crippen molar-refractivity contribution in [3.63, 3.8) is 0 Å². The summed E-state index contributed by atoms with van der Waals surface area (Å²) in [6, 6.07) is 6.76. The quantitative estimate of drug-likeness (QED) is 0.909. The Morgan fingerprint density at radius 2 is 1.81 bits per heavy atom. The summed E-state index contributed by atoms with van der Waals surface area (Å²) in [5.41, 5.74) is 0.464. The van der Waals surface area contributed by atoms with E-state index in [9.17, 15) is 13.5 Å². The van der Waals surface area contributed by atoms with Gasteiger partial charge in [-0.05, 0) is 43.2 Å². The third kappa shape index (κ3) is 3.47. The third-order valence-corrected chi connectivity index (χ3v) is 6.72. The summed E-state index contributed by atoms with van der Waals surface area (Å²) in [4.78, 5) is 0.229. The highest BCUT2D eigenvalue weighted by atomic mass is 32.2. The summed E-state index contributed by atoms with van der Waals surface area (Å²) in [6.45, 7) is 1.94. The number of aliphatic hydroxyl groups is 1. The number of aliphatic hydroxyl groups excluding tert-OH is 1. The molecule has 0 radical (unpaired) electrons. The summed E-state index contributed by atoms with van der Waals surface area (Å²) in [6.07, 6.45) is 5.23. The van der Waals surface area contributed by atoms with Gasteiger partial charge in [0.1, 0.15) is 0 Å². The van der Waals surface area contributed by atoms with Crippen molar-refractivity contribution in [1.29, 1.82) is 0 Å². The summed E-state index contributed by atoms with van der Waals surface area (Å²) < 4.78 is 27.1. The van der Waals surface area contributed by atoms with Gasteiger partial charge in [0.05, 0.1) is 11.5 Å². The van der Waals surface area contributed by atoms with Gasteiger partial charge in [-0.25, -0.2) is 8.42 Å². The topological polar surface area (TPSA) is 57.6 Å². The van der Waals surface area contributed by atoms with Crippen molar-refractivity contribution in [2.24, 2.45) is 5.92 Å². The summed E-state index contributed by atoms with van der Waals surface area (Å²) in [5, 5.41) is 9.36. The molecule has 2 rings (SSSR count). The fourth-order valence-electron chi connectivity index (χ4n) is 3.15. The molecule has 0 aliphatic heterocycles. The first-order valence-corrected chi connectivity index (χ1v) is 9.11. The van der Waals surface area contributed by atoms with E-state index in [4.69, 9.17) is 0 Å². The molecule has 118 valence electrons. The van der Waals surface area contributed by atoms with Crippen LogP contribution in [0.4, 0.5) is 0 Å². The monoisotopic (exact) mass is 311 g/mol. The highest BCUT2D eigenvalue weighted by Crippen LogP contribution is 2.32. The maximum atomic E-state index is 12.8. The molecular formula is C16H25NO3S. The zero-order chi connectivity index (χ0) is 15.5. The molecular weight excluding hydrogens is 286 g/mol. The van der Waals surface area contributed by atoms with Crippen LogP contribution >= 0.6 is 0 Å². The van der Waals surface area contributed by atoms with Gasteiger partial charge in [0.2, 0.25) is 10.0 Å². The minimum atomic E-state index is -3.53. The van der Waals surface area contributed by atoms with Crippen molar-refractivity contribution >= 4 is 10.0 Å². The smallest absolute Gasteiger partial charge is 0.243 e. The van der Waals surface area contributed by atoms with Crippen LogP contribution in [0.1, 0.15) is 44.6 Å². The molecule has 1 aromatic rings. The van der Waals surface area contributed by atoms with E-state index in [-0.39, 0.29) is 17.5 Å². The first kappa shape index (κ1) is 16.5. The standard InChI is InChI=1S/C16H25NO3S/c1-3-13-8-10-15(11-9-13)17(2)21(19,20)16-7-5-4-6-14(16)12-18/h4-7,13,15,18H,3,8-12H2,1-2H3. The van der Waals surface area contributed by atoms with E-state index in [2.05, 4.69) is 6.92 Å². The maximum Gasteiger partial charge on any atom is 0.243 e. The van der Waals surface area contributed by atoms with Gasteiger partial charge in [-0.1, -0.05) is 31.5 Å². The highest BCUT2D eigenvalue weighted by molar-refractivity contribution is 7.89. The molecule has 0 spiro atoms. The number of benzene rings is 1. The Kier molecular flexibility index (Phi) is 5.41. The van der Waals surface area contributed by atoms with Gasteiger partial charge in [-0.15, -0.1) is 0 Å². The molecule has 4 nitrogen and oxygen atoms in total. The zero-order valence-electron chi connectivity index (χ0n) is 12.8.